The van der Waals surface area contributed by atoms with Gasteiger partial charge in [-0.05, 0) is 7.92 Å². The second kappa shape index (κ2) is 1.97. The summed E-state index contributed by atoms with van der Waals surface area (Å²) in [4.78, 5) is 5.25. The molecule has 2 unspecified atom stereocenters. The largest absolute Gasteiger partial charge is 0.297 e. The highest BCUT2D eigenvalue weighted by Crippen LogP contribution is 2.49. The van der Waals surface area contributed by atoms with Crippen molar-refractivity contribution in [2.75, 3.05) is 45.9 Å². The molecule has 4 heteroatoms. The van der Waals surface area contributed by atoms with Crippen LogP contribution in [0, 0.1) is 0 Å². The number of hydrogen-bond acceptors (Lipinski definition) is 2. The van der Waals surface area contributed by atoms with Gasteiger partial charge in [-0.25, -0.2) is 9.80 Å². The van der Waals surface area contributed by atoms with Crippen LogP contribution in [-0.2, 0) is 0 Å². The summed E-state index contributed by atoms with van der Waals surface area (Å²) in [7, 11) is 2.77. The van der Waals surface area contributed by atoms with E-state index in [-0.39, 0.29) is 0 Å². The van der Waals surface area contributed by atoms with Crippen LogP contribution in [0.4, 0.5) is 0 Å². The predicted octanol–water partition coefficient (Wildman–Crippen LogP) is 0.305. The Bertz CT molecular complexity index is 159. The summed E-state index contributed by atoms with van der Waals surface area (Å²) in [6, 6.07) is 0. The first-order chi connectivity index (χ1) is 5.23. The maximum absolute atomic E-state index is 2.63. The molecule has 0 radical (unpaired) electrons. The van der Waals surface area contributed by atoms with E-state index in [4.69, 9.17) is 0 Å². The molecule has 0 aromatic rings. The molecule has 4 fully saturated rings. The third kappa shape index (κ3) is 0.955. The summed E-state index contributed by atoms with van der Waals surface area (Å²) in [5, 5.41) is 0. The van der Waals surface area contributed by atoms with Crippen LogP contribution in [0.15, 0.2) is 0 Å². The fourth-order valence-electron chi connectivity index (χ4n) is 2.83. The summed E-state index contributed by atoms with van der Waals surface area (Å²) in [5.41, 5.74) is 0. The lowest BCUT2D eigenvalue weighted by Crippen LogP contribution is -2.70. The Kier molecular flexibility index (Phi) is 1.21. The normalized spacial score (nSPS) is 60.3. The molecular formula is C7H15N3P+. The van der Waals surface area contributed by atoms with Crippen molar-refractivity contribution in [1.29, 1.82) is 0 Å². The Balaban J connectivity index is 1.94. The minimum Gasteiger partial charge on any atom is -0.297 e. The fourth-order valence-corrected chi connectivity index (χ4v) is 5.74. The molecule has 4 aliphatic heterocycles. The van der Waals surface area contributed by atoms with Gasteiger partial charge in [-0.2, -0.15) is 0 Å². The van der Waals surface area contributed by atoms with E-state index in [2.05, 4.69) is 16.8 Å². The van der Waals surface area contributed by atoms with Crippen LogP contribution in [0.3, 0.4) is 0 Å². The van der Waals surface area contributed by atoms with E-state index in [9.17, 15) is 0 Å². The second-order valence-electron chi connectivity index (χ2n) is 4.48. The zero-order valence-corrected chi connectivity index (χ0v) is 7.93. The second-order valence-corrected chi connectivity index (χ2v) is 6.67. The van der Waals surface area contributed by atoms with Crippen molar-refractivity contribution < 1.29 is 4.48 Å². The van der Waals surface area contributed by atoms with Crippen molar-refractivity contribution in [3.8, 4) is 0 Å². The Hall–Kier alpha value is 0.310. The van der Waals surface area contributed by atoms with Gasteiger partial charge in [0, 0.05) is 12.6 Å². The summed E-state index contributed by atoms with van der Waals surface area (Å²) < 4.78 is 1.31. The molecule has 0 aromatic carbocycles. The van der Waals surface area contributed by atoms with Crippen LogP contribution < -0.4 is 0 Å². The predicted molar refractivity (Wildman–Crippen MR) is 46.0 cm³/mol. The number of rotatable bonds is 0. The smallest absolute Gasteiger partial charge is 0.137 e. The minimum absolute atomic E-state index is 0.364. The molecule has 4 saturated heterocycles. The van der Waals surface area contributed by atoms with Crippen LogP contribution in [-0.4, -0.2) is 60.2 Å². The first-order valence-corrected chi connectivity index (χ1v) is 6.14. The number of quaternary nitrogens is 1. The zero-order valence-electron chi connectivity index (χ0n) is 7.03. The van der Waals surface area contributed by atoms with Crippen LogP contribution in [0.25, 0.3) is 0 Å². The van der Waals surface area contributed by atoms with E-state index in [1.165, 1.54) is 43.3 Å². The molecule has 4 aliphatic rings. The maximum atomic E-state index is 2.63. The van der Waals surface area contributed by atoms with E-state index in [1.54, 1.807) is 0 Å². The van der Waals surface area contributed by atoms with E-state index in [1.807, 2.05) is 0 Å². The molecule has 11 heavy (non-hydrogen) atoms. The zero-order chi connectivity index (χ0) is 7.47. The van der Waals surface area contributed by atoms with Gasteiger partial charge < -0.3 is 0 Å². The Morgan fingerprint density at radius 1 is 1.18 bits per heavy atom. The molecule has 2 atom stereocenters. The van der Waals surface area contributed by atoms with Gasteiger partial charge >= 0.3 is 0 Å². The van der Waals surface area contributed by atoms with Gasteiger partial charge in [0.05, 0.1) is 13.7 Å². The van der Waals surface area contributed by atoms with Crippen molar-refractivity contribution in [1.82, 2.24) is 9.80 Å². The average molecular weight is 172 g/mol. The van der Waals surface area contributed by atoms with Gasteiger partial charge in [0.1, 0.15) is 19.6 Å². The molecule has 0 aliphatic carbocycles. The van der Waals surface area contributed by atoms with E-state index >= 15 is 0 Å². The minimum atomic E-state index is 0.364. The van der Waals surface area contributed by atoms with Gasteiger partial charge in [0.25, 0.3) is 0 Å². The lowest BCUT2D eigenvalue weighted by Gasteiger charge is -2.58. The average Bonchev–Trinajstić information content (AvgIpc) is 1.79. The topological polar surface area (TPSA) is 6.48 Å². The molecule has 0 N–H and O–H groups in total. The monoisotopic (exact) mass is 172 g/mol. The van der Waals surface area contributed by atoms with Crippen LogP contribution >= 0.6 is 7.92 Å². The summed E-state index contributed by atoms with van der Waals surface area (Å²) in [6.07, 6.45) is 4.35. The lowest BCUT2D eigenvalue weighted by molar-refractivity contribution is -0.930. The molecule has 3 nitrogen and oxygen atoms in total. The maximum Gasteiger partial charge on any atom is 0.137 e. The molecule has 4 rings (SSSR count). The third-order valence-electron chi connectivity index (χ3n) is 2.82. The molecule has 62 valence electrons. The van der Waals surface area contributed by atoms with E-state index in [0.29, 0.717) is 7.92 Å². The van der Waals surface area contributed by atoms with E-state index < -0.39 is 0 Å². The lowest BCUT2D eigenvalue weighted by atomic mass is 10.5. The first kappa shape index (κ1) is 6.79. The highest BCUT2D eigenvalue weighted by atomic mass is 31.1. The summed E-state index contributed by atoms with van der Waals surface area (Å²) in [5.74, 6) is 0. The highest BCUT2D eigenvalue weighted by molar-refractivity contribution is 7.57. The highest BCUT2D eigenvalue weighted by Gasteiger charge is 2.46. The van der Waals surface area contributed by atoms with Crippen molar-refractivity contribution in [2.24, 2.45) is 0 Å². The third-order valence-corrected chi connectivity index (χ3v) is 5.51. The van der Waals surface area contributed by atoms with Gasteiger partial charge in [0.15, 0.2) is 0 Å². The standard InChI is InChI=1S/C7H15N3P/c1-10-3-8-2-9(4-10)6-11(5-8)7-10/h2-7H2,1H3/q+1. The molecular weight excluding hydrogens is 157 g/mol. The quantitative estimate of drug-likeness (QED) is 0.383. The number of hydrogen-bond donors (Lipinski definition) is 0. The fraction of sp³-hybridized carbons (Fsp3) is 1.00. The van der Waals surface area contributed by atoms with Crippen LogP contribution in [0.1, 0.15) is 0 Å². The molecule has 0 aromatic heterocycles. The summed E-state index contributed by atoms with van der Waals surface area (Å²) >= 11 is 0. The van der Waals surface area contributed by atoms with Gasteiger partial charge in [0.2, 0.25) is 0 Å². The SMILES string of the molecule is C[N+]12CN3CN(CP(C3)C1)C2. The van der Waals surface area contributed by atoms with Crippen molar-refractivity contribution in [3.05, 3.63) is 0 Å². The molecule has 4 bridgehead atoms. The van der Waals surface area contributed by atoms with Gasteiger partial charge in [-0.1, -0.05) is 0 Å². The molecule has 4 heterocycles. The molecule has 0 amide bonds. The first-order valence-electron chi connectivity index (χ1n) is 4.24. The van der Waals surface area contributed by atoms with Crippen molar-refractivity contribution in [2.45, 2.75) is 0 Å². The Morgan fingerprint density at radius 2 is 1.82 bits per heavy atom. The van der Waals surface area contributed by atoms with Crippen LogP contribution in [0.2, 0.25) is 0 Å². The molecule has 0 spiro atoms. The van der Waals surface area contributed by atoms with Crippen molar-refractivity contribution in [3.63, 3.8) is 0 Å². The van der Waals surface area contributed by atoms with E-state index in [0.717, 1.165) is 0 Å². The van der Waals surface area contributed by atoms with Gasteiger partial charge in [-0.15, -0.1) is 0 Å². The van der Waals surface area contributed by atoms with Gasteiger partial charge in [-0.3, -0.25) is 4.48 Å². The Morgan fingerprint density at radius 3 is 2.27 bits per heavy atom. The van der Waals surface area contributed by atoms with Crippen LogP contribution in [0.5, 0.6) is 0 Å². The van der Waals surface area contributed by atoms with Crippen molar-refractivity contribution >= 4 is 7.92 Å². The Labute approximate surface area is 68.9 Å². The summed E-state index contributed by atoms with van der Waals surface area (Å²) in [6.45, 7) is 3.89. The number of nitrogens with zero attached hydrogens (tertiary/aromatic N) is 3. The molecule has 0 saturated carbocycles.